The first-order valence-electron chi connectivity index (χ1n) is 46.0. The third kappa shape index (κ3) is 10.9. The van der Waals surface area contributed by atoms with Gasteiger partial charge in [0.2, 0.25) is 17.8 Å². The van der Waals surface area contributed by atoms with Gasteiger partial charge in [0.25, 0.3) is 0 Å². The third-order valence-electron chi connectivity index (χ3n) is 28.4. The summed E-state index contributed by atoms with van der Waals surface area (Å²) in [6.45, 7) is 0. The van der Waals surface area contributed by atoms with E-state index in [4.69, 9.17) is 34.9 Å². The van der Waals surface area contributed by atoms with E-state index in [9.17, 15) is 0 Å². The van der Waals surface area contributed by atoms with Crippen LogP contribution in [0.4, 0.5) is 0 Å². The standard InChI is InChI=1S/C46H27N3.C45H26N4.C34H19N3/c1-3-14-28(15-4-1)38-27-39(29-16-5-2-6-17-29)48-46(47-38)49-40-25-13-24-34-32-20-9-10-21-33(32)37-26-30-18-7-8-19-31(30)41-35-22-11-12-23-36(35)45(49)44(42(34)40)43(37)41;1-3-14-27(15-4-1)43-46-44(28-16-5-2-6-17-28)48-45(47-43)49-37-25-13-24-33-31-20-9-10-21-32(31)36-26-29-18-7-8-19-30(29)38-34-22-11-12-23-35(34)42(49)41(39(33)37)40(36)38;1-2-10-21-20(9-1)19-27-23-12-4-3-11-22(23)24-15-7-16-28-30(24)32-31(27)29(21)25-13-5-6-14-26(25)33(32)37(28)34-35-17-8-18-36-34/h1-27H;1-26H;1-19H. The quantitative estimate of drug-likeness (QED) is 0.146. The van der Waals surface area contributed by atoms with Gasteiger partial charge in [0.15, 0.2) is 11.6 Å². The van der Waals surface area contributed by atoms with Crippen LogP contribution in [0.2, 0.25) is 0 Å². The molecular formula is C125H72N10. The number of rotatable bonds is 7. The van der Waals surface area contributed by atoms with Gasteiger partial charge in [0, 0.05) is 99.3 Å². The maximum absolute atomic E-state index is 5.37. The zero-order chi connectivity index (χ0) is 88.2. The van der Waals surface area contributed by atoms with E-state index >= 15 is 0 Å². The smallest absolute Gasteiger partial charge is 0.238 e. The molecule has 0 aliphatic heterocycles. The van der Waals surface area contributed by atoms with Crippen molar-refractivity contribution in [2.75, 3.05) is 0 Å². The number of benzene rings is 22. The second-order valence-corrected chi connectivity index (χ2v) is 35.5. The summed E-state index contributed by atoms with van der Waals surface area (Å²) in [7, 11) is 0. The highest BCUT2D eigenvalue weighted by atomic mass is 15.2. The Balaban J connectivity index is 0.0000000995. The lowest BCUT2D eigenvalue weighted by Gasteiger charge is -2.17. The molecule has 622 valence electrons. The Morgan fingerprint density at radius 1 is 0.156 bits per heavy atom. The van der Waals surface area contributed by atoms with Crippen molar-refractivity contribution in [1.82, 2.24) is 48.6 Å². The van der Waals surface area contributed by atoms with Crippen molar-refractivity contribution in [2.24, 2.45) is 0 Å². The molecule has 10 nitrogen and oxygen atoms in total. The first kappa shape index (κ1) is 74.7. The molecule has 0 unspecified atom stereocenters. The summed E-state index contributed by atoms with van der Waals surface area (Å²) in [5, 5.41) is 30.1. The molecule has 0 spiro atoms. The largest absolute Gasteiger partial charge is 0.277 e. The molecule has 0 amide bonds. The van der Waals surface area contributed by atoms with Crippen LogP contribution in [0.5, 0.6) is 0 Å². The number of aromatic nitrogens is 10. The van der Waals surface area contributed by atoms with Gasteiger partial charge in [-0.1, -0.05) is 376 Å². The minimum atomic E-state index is 0.602. The lowest BCUT2D eigenvalue weighted by Crippen LogP contribution is -2.06. The summed E-state index contributed by atoms with van der Waals surface area (Å²) in [5.74, 6) is 3.25. The zero-order valence-electron chi connectivity index (χ0n) is 72.5. The van der Waals surface area contributed by atoms with Crippen LogP contribution >= 0.6 is 0 Å². The third-order valence-corrected chi connectivity index (χ3v) is 28.4. The summed E-state index contributed by atoms with van der Waals surface area (Å²) in [5.41, 5.74) is 27.6. The van der Waals surface area contributed by atoms with Gasteiger partial charge in [-0.3, -0.25) is 13.7 Å². The van der Waals surface area contributed by atoms with E-state index in [-0.39, 0.29) is 0 Å². The molecule has 3 aliphatic carbocycles. The van der Waals surface area contributed by atoms with Crippen LogP contribution in [-0.4, -0.2) is 48.6 Å². The Morgan fingerprint density at radius 2 is 0.422 bits per heavy atom. The predicted octanol–water partition coefficient (Wildman–Crippen LogP) is 32.1. The molecule has 6 heterocycles. The molecule has 0 saturated carbocycles. The molecule has 0 bridgehead atoms. The molecule has 0 N–H and O–H groups in total. The molecule has 0 saturated heterocycles. The molecule has 135 heavy (non-hydrogen) atoms. The Bertz CT molecular complexity index is 9470. The molecule has 31 rings (SSSR count). The zero-order valence-corrected chi connectivity index (χ0v) is 72.5. The van der Waals surface area contributed by atoms with Gasteiger partial charge in [-0.15, -0.1) is 0 Å². The maximum atomic E-state index is 5.37. The number of hydrogen-bond donors (Lipinski definition) is 0. The SMILES string of the molecule is c1ccc(-c2cc(-c3ccccc3)nc(-n3c4cccc5c4c4c6c(cc7ccccc7c6c6ccccc6c43)-c3ccccc3-5)n2)cc1.c1ccc(-c2nc(-c3ccccc3)nc(-n3c4cccc5c4c4c6c(cc7ccccc7c6c6ccccc6c43)-c3ccccc3-5)n2)cc1.c1cnc(-n2c3cccc4c3c3c5c(cc6ccccc6c5c5ccccc5c32)-c2ccccc2-4)nc1. The van der Waals surface area contributed by atoms with Crippen molar-refractivity contribution in [3.8, 4) is 130 Å². The summed E-state index contributed by atoms with van der Waals surface area (Å²) in [6, 6.07) is 152. The summed E-state index contributed by atoms with van der Waals surface area (Å²) in [6.07, 6.45) is 3.65. The van der Waals surface area contributed by atoms with E-state index in [0.717, 1.165) is 61.2 Å². The molecule has 0 atom stereocenters. The van der Waals surface area contributed by atoms with Crippen LogP contribution in [-0.2, 0) is 0 Å². The highest BCUT2D eigenvalue weighted by Crippen LogP contribution is 2.59. The van der Waals surface area contributed by atoms with Crippen LogP contribution in [0.1, 0.15) is 0 Å². The van der Waals surface area contributed by atoms with E-state index in [1.165, 1.54) is 202 Å². The van der Waals surface area contributed by atoms with Crippen molar-refractivity contribution in [2.45, 2.75) is 0 Å². The van der Waals surface area contributed by atoms with Gasteiger partial charge in [-0.05, 0) is 180 Å². The van der Waals surface area contributed by atoms with Crippen molar-refractivity contribution < 1.29 is 0 Å². The molecule has 28 aromatic rings. The van der Waals surface area contributed by atoms with Crippen molar-refractivity contribution in [1.29, 1.82) is 0 Å². The number of fused-ring (bicyclic) bond motifs is 24. The van der Waals surface area contributed by atoms with Crippen LogP contribution in [0, 0.1) is 0 Å². The average molecular weight is 1710 g/mol. The Hall–Kier alpha value is -18.3. The minimum absolute atomic E-state index is 0.602. The highest BCUT2D eigenvalue weighted by Gasteiger charge is 2.34. The predicted molar refractivity (Wildman–Crippen MR) is 559 cm³/mol. The monoisotopic (exact) mass is 1710 g/mol. The second-order valence-electron chi connectivity index (χ2n) is 35.5. The molecule has 0 fully saturated rings. The Kier molecular flexibility index (Phi) is 16.1. The van der Waals surface area contributed by atoms with E-state index in [1.54, 1.807) is 0 Å². The van der Waals surface area contributed by atoms with Crippen LogP contribution < -0.4 is 0 Å². The molecule has 0 radical (unpaired) electrons. The number of hydrogen-bond acceptors (Lipinski definition) is 7. The van der Waals surface area contributed by atoms with E-state index in [0.29, 0.717) is 29.5 Å². The normalized spacial score (nSPS) is 12.1. The first-order valence-corrected chi connectivity index (χ1v) is 46.0. The van der Waals surface area contributed by atoms with Gasteiger partial charge in [0.05, 0.1) is 44.5 Å². The maximum Gasteiger partial charge on any atom is 0.238 e. The Morgan fingerprint density at radius 3 is 0.763 bits per heavy atom. The topological polar surface area (TPSA) is 105 Å². The van der Waals surface area contributed by atoms with Gasteiger partial charge in [0.1, 0.15) is 0 Å². The molecular weight excluding hydrogens is 1640 g/mol. The summed E-state index contributed by atoms with van der Waals surface area (Å²) < 4.78 is 6.90. The van der Waals surface area contributed by atoms with Crippen molar-refractivity contribution in [3.63, 3.8) is 0 Å². The van der Waals surface area contributed by atoms with E-state index in [1.807, 2.05) is 67.0 Å². The lowest BCUT2D eigenvalue weighted by molar-refractivity contribution is 0.955. The average Bonchev–Trinajstić information content (AvgIpc) is 1.53. The van der Waals surface area contributed by atoms with E-state index in [2.05, 4.69) is 384 Å². The van der Waals surface area contributed by atoms with Crippen LogP contribution in [0.25, 0.3) is 292 Å². The van der Waals surface area contributed by atoms with Gasteiger partial charge >= 0.3 is 0 Å². The van der Waals surface area contributed by atoms with Gasteiger partial charge in [-0.2, -0.15) is 9.97 Å². The number of nitrogens with zero attached hydrogens (tertiary/aromatic N) is 10. The summed E-state index contributed by atoms with van der Waals surface area (Å²) >= 11 is 0. The summed E-state index contributed by atoms with van der Waals surface area (Å²) in [4.78, 5) is 35.8. The lowest BCUT2D eigenvalue weighted by atomic mass is 9.88. The molecule has 3 aliphatic rings. The van der Waals surface area contributed by atoms with Crippen molar-refractivity contribution >= 4 is 162 Å². The molecule has 10 heteroatoms. The van der Waals surface area contributed by atoms with Crippen molar-refractivity contribution in [3.05, 3.63) is 437 Å². The Labute approximate surface area is 772 Å². The van der Waals surface area contributed by atoms with Crippen LogP contribution in [0.15, 0.2) is 437 Å². The fourth-order valence-corrected chi connectivity index (χ4v) is 23.0. The van der Waals surface area contributed by atoms with Crippen LogP contribution in [0.3, 0.4) is 0 Å². The minimum Gasteiger partial charge on any atom is -0.277 e. The fourth-order valence-electron chi connectivity index (χ4n) is 23.0. The van der Waals surface area contributed by atoms with Gasteiger partial charge < -0.3 is 0 Å². The van der Waals surface area contributed by atoms with Gasteiger partial charge in [-0.25, -0.2) is 24.9 Å². The highest BCUT2D eigenvalue weighted by molar-refractivity contribution is 6.45. The first-order chi connectivity index (χ1) is 67.1. The molecule has 6 aromatic heterocycles. The second kappa shape index (κ2) is 29.1. The fraction of sp³-hybridized carbons (Fsp3) is 0. The molecule has 22 aromatic carbocycles. The van der Waals surface area contributed by atoms with E-state index < -0.39 is 0 Å².